The standard InChI is InChI=1S/C14H20N2OS/c1-2-11-7-10(1)8-12(11)13-9-18-14(15-13)16-3-5-17-6-4-16/h9-12H,1-8H2. The van der Waals surface area contributed by atoms with Crippen LogP contribution in [-0.4, -0.2) is 31.3 Å². The molecule has 3 unspecified atom stereocenters. The molecule has 0 amide bonds. The van der Waals surface area contributed by atoms with Gasteiger partial charge in [-0.25, -0.2) is 4.98 Å². The molecule has 98 valence electrons. The zero-order chi connectivity index (χ0) is 11.9. The van der Waals surface area contributed by atoms with Gasteiger partial charge in [-0.1, -0.05) is 6.42 Å². The molecule has 3 fully saturated rings. The van der Waals surface area contributed by atoms with Gasteiger partial charge in [0.2, 0.25) is 0 Å². The van der Waals surface area contributed by atoms with Crippen molar-refractivity contribution in [2.24, 2.45) is 11.8 Å². The molecule has 0 N–H and O–H groups in total. The summed E-state index contributed by atoms with van der Waals surface area (Å²) in [4.78, 5) is 7.30. The van der Waals surface area contributed by atoms with E-state index in [2.05, 4.69) is 10.3 Å². The van der Waals surface area contributed by atoms with E-state index in [4.69, 9.17) is 9.72 Å². The average Bonchev–Trinajstić information content (AvgIpc) is 3.15. The summed E-state index contributed by atoms with van der Waals surface area (Å²) in [5, 5.41) is 3.53. The van der Waals surface area contributed by atoms with E-state index >= 15 is 0 Å². The molecule has 0 radical (unpaired) electrons. The van der Waals surface area contributed by atoms with Gasteiger partial charge in [0.1, 0.15) is 0 Å². The van der Waals surface area contributed by atoms with Crippen LogP contribution in [0.5, 0.6) is 0 Å². The normalized spacial score (nSPS) is 35.3. The second-order valence-electron chi connectivity index (χ2n) is 5.94. The number of ether oxygens (including phenoxy) is 1. The molecule has 1 aromatic rings. The van der Waals surface area contributed by atoms with Crippen LogP contribution in [0.2, 0.25) is 0 Å². The number of anilines is 1. The molecule has 4 rings (SSSR count). The van der Waals surface area contributed by atoms with Gasteiger partial charge in [-0.2, -0.15) is 0 Å². The summed E-state index contributed by atoms with van der Waals surface area (Å²) in [5.74, 6) is 2.72. The Labute approximate surface area is 112 Å². The maximum absolute atomic E-state index is 5.40. The van der Waals surface area contributed by atoms with Gasteiger partial charge >= 0.3 is 0 Å². The van der Waals surface area contributed by atoms with Crippen LogP contribution in [0.15, 0.2) is 5.38 Å². The van der Waals surface area contributed by atoms with Gasteiger partial charge in [-0.05, 0) is 31.1 Å². The van der Waals surface area contributed by atoms with Crippen molar-refractivity contribution >= 4 is 16.5 Å². The fraction of sp³-hybridized carbons (Fsp3) is 0.786. The first-order valence-corrected chi connectivity index (χ1v) is 8.06. The molecular formula is C14H20N2OS. The Balaban J connectivity index is 1.51. The van der Waals surface area contributed by atoms with E-state index in [9.17, 15) is 0 Å². The topological polar surface area (TPSA) is 25.4 Å². The van der Waals surface area contributed by atoms with Gasteiger partial charge in [0.25, 0.3) is 0 Å². The van der Waals surface area contributed by atoms with Gasteiger partial charge < -0.3 is 9.64 Å². The summed E-state index contributed by atoms with van der Waals surface area (Å²) in [7, 11) is 0. The van der Waals surface area contributed by atoms with Gasteiger partial charge in [0, 0.05) is 24.4 Å². The molecule has 3 nitrogen and oxygen atoms in total. The summed E-state index contributed by atoms with van der Waals surface area (Å²) in [6, 6.07) is 0. The third-order valence-corrected chi connectivity index (χ3v) is 5.83. The molecular weight excluding hydrogens is 244 g/mol. The van der Waals surface area contributed by atoms with Crippen molar-refractivity contribution in [1.29, 1.82) is 0 Å². The number of hydrogen-bond donors (Lipinski definition) is 0. The van der Waals surface area contributed by atoms with E-state index in [0.29, 0.717) is 0 Å². The lowest BCUT2D eigenvalue weighted by Crippen LogP contribution is -2.36. The van der Waals surface area contributed by atoms with Crippen LogP contribution in [-0.2, 0) is 4.74 Å². The third kappa shape index (κ3) is 1.86. The van der Waals surface area contributed by atoms with E-state index in [1.807, 2.05) is 11.3 Å². The number of nitrogens with zero attached hydrogens (tertiary/aromatic N) is 2. The highest BCUT2D eigenvalue weighted by molar-refractivity contribution is 7.13. The highest BCUT2D eigenvalue weighted by atomic mass is 32.1. The Kier molecular flexibility index (Phi) is 2.81. The van der Waals surface area contributed by atoms with Crippen molar-refractivity contribution in [2.45, 2.75) is 31.6 Å². The maximum atomic E-state index is 5.40. The molecule has 0 spiro atoms. The molecule has 2 heterocycles. The van der Waals surface area contributed by atoms with E-state index < -0.39 is 0 Å². The molecule has 0 aromatic carbocycles. The SMILES string of the molecule is c1sc(N2CCOCC2)nc1C1CC2CCC1C2. The number of fused-ring (bicyclic) bond motifs is 2. The van der Waals surface area contributed by atoms with Crippen molar-refractivity contribution in [3.8, 4) is 0 Å². The van der Waals surface area contributed by atoms with Crippen LogP contribution < -0.4 is 4.90 Å². The summed E-state index contributed by atoms with van der Waals surface area (Å²) in [6.07, 6.45) is 5.79. The fourth-order valence-electron chi connectivity index (χ4n) is 3.95. The summed E-state index contributed by atoms with van der Waals surface area (Å²) in [5.41, 5.74) is 1.38. The first-order chi connectivity index (χ1) is 8.90. The van der Waals surface area contributed by atoms with E-state index in [1.54, 1.807) is 0 Å². The highest BCUT2D eigenvalue weighted by Gasteiger charge is 2.41. The number of hydrogen-bond acceptors (Lipinski definition) is 4. The molecule has 2 saturated carbocycles. The molecule has 1 aromatic heterocycles. The number of morpholine rings is 1. The molecule has 4 heteroatoms. The number of aromatic nitrogens is 1. The molecule has 18 heavy (non-hydrogen) atoms. The Morgan fingerprint density at radius 1 is 1.22 bits per heavy atom. The molecule has 3 aliphatic rings. The molecule has 1 aliphatic heterocycles. The van der Waals surface area contributed by atoms with Gasteiger partial charge in [0.15, 0.2) is 5.13 Å². The zero-order valence-electron chi connectivity index (χ0n) is 10.7. The first-order valence-electron chi connectivity index (χ1n) is 7.18. The predicted molar refractivity (Wildman–Crippen MR) is 73.3 cm³/mol. The van der Waals surface area contributed by atoms with Crippen molar-refractivity contribution in [3.05, 3.63) is 11.1 Å². The van der Waals surface area contributed by atoms with E-state index in [1.165, 1.54) is 36.5 Å². The Hall–Kier alpha value is -0.610. The predicted octanol–water partition coefficient (Wildman–Crippen LogP) is 2.88. The first kappa shape index (κ1) is 11.2. The highest BCUT2D eigenvalue weighted by Crippen LogP contribution is 2.53. The quantitative estimate of drug-likeness (QED) is 0.821. The van der Waals surface area contributed by atoms with E-state index in [0.717, 1.165) is 44.1 Å². The van der Waals surface area contributed by atoms with Crippen LogP contribution in [0.3, 0.4) is 0 Å². The zero-order valence-corrected chi connectivity index (χ0v) is 11.5. The second kappa shape index (κ2) is 4.49. The van der Waals surface area contributed by atoms with Crippen molar-refractivity contribution in [2.75, 3.05) is 31.2 Å². The van der Waals surface area contributed by atoms with Crippen molar-refractivity contribution < 1.29 is 4.74 Å². The lowest BCUT2D eigenvalue weighted by Gasteiger charge is -2.26. The van der Waals surface area contributed by atoms with Crippen molar-refractivity contribution in [1.82, 2.24) is 4.98 Å². The lowest BCUT2D eigenvalue weighted by atomic mass is 9.87. The van der Waals surface area contributed by atoms with Crippen LogP contribution in [0.25, 0.3) is 0 Å². The lowest BCUT2D eigenvalue weighted by molar-refractivity contribution is 0.122. The largest absolute Gasteiger partial charge is 0.378 e. The Morgan fingerprint density at radius 3 is 2.83 bits per heavy atom. The van der Waals surface area contributed by atoms with E-state index in [-0.39, 0.29) is 0 Å². The molecule has 3 atom stereocenters. The summed E-state index contributed by atoms with van der Waals surface area (Å²) in [6.45, 7) is 3.71. The number of thiazole rings is 1. The van der Waals surface area contributed by atoms with Gasteiger partial charge in [-0.3, -0.25) is 0 Å². The minimum atomic E-state index is 0.773. The second-order valence-corrected chi connectivity index (χ2v) is 6.77. The Bertz CT molecular complexity index is 427. The smallest absolute Gasteiger partial charge is 0.185 e. The molecule has 2 bridgehead atoms. The van der Waals surface area contributed by atoms with Crippen LogP contribution in [0.1, 0.15) is 37.3 Å². The number of rotatable bonds is 2. The maximum Gasteiger partial charge on any atom is 0.185 e. The fourth-order valence-corrected chi connectivity index (χ4v) is 4.90. The Morgan fingerprint density at radius 2 is 2.11 bits per heavy atom. The summed E-state index contributed by atoms with van der Waals surface area (Å²) >= 11 is 1.83. The summed E-state index contributed by atoms with van der Waals surface area (Å²) < 4.78 is 5.40. The average molecular weight is 264 g/mol. The minimum Gasteiger partial charge on any atom is -0.378 e. The molecule has 1 saturated heterocycles. The van der Waals surface area contributed by atoms with Gasteiger partial charge in [0.05, 0.1) is 18.9 Å². The van der Waals surface area contributed by atoms with Crippen LogP contribution in [0.4, 0.5) is 5.13 Å². The minimum absolute atomic E-state index is 0.773. The van der Waals surface area contributed by atoms with Crippen LogP contribution in [0, 0.1) is 11.8 Å². The van der Waals surface area contributed by atoms with Crippen LogP contribution >= 0.6 is 11.3 Å². The van der Waals surface area contributed by atoms with Crippen molar-refractivity contribution in [3.63, 3.8) is 0 Å². The van der Waals surface area contributed by atoms with Gasteiger partial charge in [-0.15, -0.1) is 11.3 Å². The molecule has 2 aliphatic carbocycles. The third-order valence-electron chi connectivity index (χ3n) is 4.91. The monoisotopic (exact) mass is 264 g/mol.